The van der Waals surface area contributed by atoms with E-state index in [0.29, 0.717) is 0 Å². The number of hydrogen-bond donors (Lipinski definition) is 1. The van der Waals surface area contributed by atoms with E-state index in [4.69, 9.17) is 5.73 Å². The summed E-state index contributed by atoms with van der Waals surface area (Å²) in [5, 5.41) is 0. The van der Waals surface area contributed by atoms with E-state index in [9.17, 15) is 0 Å². The molecule has 20 heavy (non-hydrogen) atoms. The second-order valence-corrected chi connectivity index (χ2v) is 6.44. The Labute approximate surface area is 122 Å². The molecule has 110 valence electrons. The van der Waals surface area contributed by atoms with Gasteiger partial charge in [-0.15, -0.1) is 0 Å². The largest absolute Gasteiger partial charge is 0.399 e. The van der Waals surface area contributed by atoms with Crippen LogP contribution in [0.1, 0.15) is 32.6 Å². The van der Waals surface area contributed by atoms with Gasteiger partial charge in [0.05, 0.1) is 0 Å². The lowest BCUT2D eigenvalue weighted by Gasteiger charge is -2.44. The zero-order valence-corrected chi connectivity index (χ0v) is 12.6. The van der Waals surface area contributed by atoms with Crippen LogP contribution in [-0.2, 0) is 0 Å². The van der Waals surface area contributed by atoms with Crippen LogP contribution in [0.2, 0.25) is 0 Å². The number of hydrogen-bond acceptors (Lipinski definition) is 3. The van der Waals surface area contributed by atoms with Crippen LogP contribution in [0.5, 0.6) is 0 Å². The molecular weight excluding hydrogens is 246 g/mol. The molecule has 1 saturated carbocycles. The van der Waals surface area contributed by atoms with Crippen LogP contribution in [0.15, 0.2) is 24.3 Å². The normalized spacial score (nSPS) is 28.6. The van der Waals surface area contributed by atoms with Gasteiger partial charge in [-0.3, -0.25) is 4.90 Å². The third-order valence-corrected chi connectivity index (χ3v) is 5.11. The van der Waals surface area contributed by atoms with Gasteiger partial charge in [0, 0.05) is 43.6 Å². The van der Waals surface area contributed by atoms with Crippen LogP contribution >= 0.6 is 0 Å². The Kier molecular flexibility index (Phi) is 4.16. The first-order chi connectivity index (χ1) is 9.74. The molecule has 3 heteroatoms. The van der Waals surface area contributed by atoms with Crippen molar-refractivity contribution in [1.82, 2.24) is 4.90 Å². The number of nitrogens with two attached hydrogens (primary N) is 1. The Balaban J connectivity index is 1.57. The van der Waals surface area contributed by atoms with Crippen molar-refractivity contribution in [1.29, 1.82) is 0 Å². The first-order valence-corrected chi connectivity index (χ1v) is 8.08. The molecule has 0 amide bonds. The molecule has 1 aromatic carbocycles. The predicted molar refractivity (Wildman–Crippen MR) is 86.1 cm³/mol. The van der Waals surface area contributed by atoms with Crippen molar-refractivity contribution in [2.75, 3.05) is 36.8 Å². The van der Waals surface area contributed by atoms with E-state index in [-0.39, 0.29) is 0 Å². The van der Waals surface area contributed by atoms with Gasteiger partial charge in [0.25, 0.3) is 0 Å². The standard InChI is InChI=1S/C17H27N3/c1-14-4-2-3-5-17(14)20-12-10-19(11-13-20)16-8-6-15(18)7-9-16/h6-9,14,17H,2-5,10-13,18H2,1H3. The van der Waals surface area contributed by atoms with Crippen molar-refractivity contribution in [3.8, 4) is 0 Å². The quantitative estimate of drug-likeness (QED) is 0.841. The lowest BCUT2D eigenvalue weighted by molar-refractivity contribution is 0.106. The SMILES string of the molecule is CC1CCCCC1N1CCN(c2ccc(N)cc2)CC1. The number of benzene rings is 1. The average Bonchev–Trinajstić information content (AvgIpc) is 2.49. The summed E-state index contributed by atoms with van der Waals surface area (Å²) < 4.78 is 0. The van der Waals surface area contributed by atoms with Crippen LogP contribution in [0.3, 0.4) is 0 Å². The third kappa shape index (κ3) is 2.93. The second kappa shape index (κ2) is 6.04. The fourth-order valence-electron chi connectivity index (χ4n) is 3.84. The van der Waals surface area contributed by atoms with Gasteiger partial charge in [0.2, 0.25) is 0 Å². The van der Waals surface area contributed by atoms with E-state index in [1.807, 2.05) is 12.1 Å². The fourth-order valence-corrected chi connectivity index (χ4v) is 3.84. The Morgan fingerprint density at radius 3 is 2.25 bits per heavy atom. The smallest absolute Gasteiger partial charge is 0.0368 e. The van der Waals surface area contributed by atoms with Gasteiger partial charge >= 0.3 is 0 Å². The first-order valence-electron chi connectivity index (χ1n) is 8.08. The molecule has 1 aliphatic carbocycles. The molecule has 2 N–H and O–H groups in total. The number of piperazine rings is 1. The van der Waals surface area contributed by atoms with Crippen molar-refractivity contribution < 1.29 is 0 Å². The number of anilines is 2. The van der Waals surface area contributed by atoms with E-state index in [1.54, 1.807) is 0 Å². The van der Waals surface area contributed by atoms with Gasteiger partial charge in [-0.05, 0) is 43.0 Å². The highest BCUT2D eigenvalue weighted by Crippen LogP contribution is 2.29. The van der Waals surface area contributed by atoms with Gasteiger partial charge in [0.1, 0.15) is 0 Å². The third-order valence-electron chi connectivity index (χ3n) is 5.11. The van der Waals surface area contributed by atoms with Crippen molar-refractivity contribution in [2.24, 2.45) is 5.92 Å². The summed E-state index contributed by atoms with van der Waals surface area (Å²) in [5.74, 6) is 0.881. The Morgan fingerprint density at radius 1 is 0.950 bits per heavy atom. The monoisotopic (exact) mass is 273 g/mol. The molecule has 2 aliphatic rings. The van der Waals surface area contributed by atoms with Crippen LogP contribution < -0.4 is 10.6 Å². The van der Waals surface area contributed by atoms with E-state index < -0.39 is 0 Å². The number of nitrogens with zero attached hydrogens (tertiary/aromatic N) is 2. The van der Waals surface area contributed by atoms with Gasteiger partial charge in [-0.25, -0.2) is 0 Å². The van der Waals surface area contributed by atoms with E-state index >= 15 is 0 Å². The lowest BCUT2D eigenvalue weighted by Crippen LogP contribution is -2.52. The maximum Gasteiger partial charge on any atom is 0.0368 e. The van der Waals surface area contributed by atoms with Crippen molar-refractivity contribution in [3.63, 3.8) is 0 Å². The van der Waals surface area contributed by atoms with Crippen LogP contribution in [0.4, 0.5) is 11.4 Å². The first kappa shape index (κ1) is 13.7. The minimum Gasteiger partial charge on any atom is -0.399 e. The minimum absolute atomic E-state index is 0.831. The van der Waals surface area contributed by atoms with E-state index in [1.165, 1.54) is 44.5 Å². The molecule has 2 atom stereocenters. The van der Waals surface area contributed by atoms with Crippen molar-refractivity contribution in [3.05, 3.63) is 24.3 Å². The summed E-state index contributed by atoms with van der Waals surface area (Å²) >= 11 is 0. The Bertz CT molecular complexity index is 420. The van der Waals surface area contributed by atoms with Crippen LogP contribution in [-0.4, -0.2) is 37.1 Å². The summed E-state index contributed by atoms with van der Waals surface area (Å²) in [6, 6.07) is 9.13. The lowest BCUT2D eigenvalue weighted by atomic mass is 9.84. The van der Waals surface area contributed by atoms with Crippen LogP contribution in [0, 0.1) is 5.92 Å². The number of nitrogen functional groups attached to an aromatic ring is 1. The van der Waals surface area contributed by atoms with Crippen LogP contribution in [0.25, 0.3) is 0 Å². The summed E-state index contributed by atoms with van der Waals surface area (Å²) in [5.41, 5.74) is 7.93. The van der Waals surface area contributed by atoms with Gasteiger partial charge in [0.15, 0.2) is 0 Å². The molecule has 3 nitrogen and oxygen atoms in total. The zero-order valence-electron chi connectivity index (χ0n) is 12.6. The highest BCUT2D eigenvalue weighted by Gasteiger charge is 2.29. The van der Waals surface area contributed by atoms with E-state index in [2.05, 4.69) is 28.9 Å². The second-order valence-electron chi connectivity index (χ2n) is 6.44. The van der Waals surface area contributed by atoms with E-state index in [0.717, 1.165) is 30.7 Å². The summed E-state index contributed by atoms with van der Waals surface area (Å²) in [7, 11) is 0. The van der Waals surface area contributed by atoms with Crippen molar-refractivity contribution >= 4 is 11.4 Å². The van der Waals surface area contributed by atoms with Gasteiger partial charge in [-0.2, -0.15) is 0 Å². The summed E-state index contributed by atoms with van der Waals surface area (Å²) in [6.07, 6.45) is 5.68. The Hall–Kier alpha value is -1.22. The van der Waals surface area contributed by atoms with Gasteiger partial charge < -0.3 is 10.6 Å². The highest BCUT2D eigenvalue weighted by molar-refractivity contribution is 5.53. The molecule has 0 bridgehead atoms. The molecule has 1 heterocycles. The predicted octanol–water partition coefficient (Wildman–Crippen LogP) is 2.97. The molecule has 3 rings (SSSR count). The highest BCUT2D eigenvalue weighted by atomic mass is 15.3. The molecule has 0 aromatic heterocycles. The zero-order chi connectivity index (χ0) is 13.9. The maximum absolute atomic E-state index is 5.76. The molecular formula is C17H27N3. The molecule has 2 fully saturated rings. The average molecular weight is 273 g/mol. The minimum atomic E-state index is 0.831. The fraction of sp³-hybridized carbons (Fsp3) is 0.647. The molecule has 1 aromatic rings. The summed E-state index contributed by atoms with van der Waals surface area (Å²) in [6.45, 7) is 7.15. The number of rotatable bonds is 2. The topological polar surface area (TPSA) is 32.5 Å². The van der Waals surface area contributed by atoms with Gasteiger partial charge in [-0.1, -0.05) is 19.8 Å². The molecule has 0 spiro atoms. The maximum atomic E-state index is 5.76. The molecule has 0 radical (unpaired) electrons. The summed E-state index contributed by atoms with van der Waals surface area (Å²) in [4.78, 5) is 5.22. The van der Waals surface area contributed by atoms with Crippen molar-refractivity contribution in [2.45, 2.75) is 38.6 Å². The molecule has 2 unspecified atom stereocenters. The Morgan fingerprint density at radius 2 is 1.60 bits per heavy atom. The molecule has 1 aliphatic heterocycles. The molecule has 1 saturated heterocycles.